The second-order valence-corrected chi connectivity index (χ2v) is 10.8. The number of aliphatic hydroxyl groups excluding tert-OH is 1. The number of rotatable bonds is 9. The molecule has 1 aliphatic heterocycles. The number of carboxylic acid groups (broad SMARTS) is 1. The lowest BCUT2D eigenvalue weighted by atomic mass is 9.90. The monoisotopic (exact) mass is 610 g/mol. The Hall–Kier alpha value is -4.01. The normalized spacial score (nSPS) is 21.9. The van der Waals surface area contributed by atoms with E-state index in [1.54, 1.807) is 5.38 Å². The van der Waals surface area contributed by atoms with Crippen molar-refractivity contribution in [2.45, 2.75) is 36.6 Å². The number of imidazole rings is 1. The van der Waals surface area contributed by atoms with Crippen molar-refractivity contribution in [1.29, 1.82) is 0 Å². The molecule has 0 bridgehead atoms. The third kappa shape index (κ3) is 5.10. The molecule has 0 spiro atoms. The van der Waals surface area contributed by atoms with Crippen LogP contribution in [0.3, 0.4) is 0 Å². The molecule has 14 heteroatoms. The maximum Gasteiger partial charge on any atom is 0.342 e. The van der Waals surface area contributed by atoms with Gasteiger partial charge in [0.2, 0.25) is 10.9 Å². The number of benzene rings is 2. The molecule has 0 saturated carbocycles. The van der Waals surface area contributed by atoms with Crippen LogP contribution in [0.1, 0.15) is 17.5 Å². The average molecular weight is 611 g/mol. The molecule has 6 rings (SSSR count). The number of fused-ring (bicyclic) bond motifs is 1. The molecule has 2 aromatic carbocycles. The van der Waals surface area contributed by atoms with Gasteiger partial charge in [-0.05, 0) is 28.3 Å². The van der Waals surface area contributed by atoms with Gasteiger partial charge in [-0.3, -0.25) is 4.57 Å². The minimum atomic E-state index is -1.93. The lowest BCUT2D eigenvalue weighted by Gasteiger charge is -2.30. The van der Waals surface area contributed by atoms with Crippen LogP contribution in [0.5, 0.6) is 0 Å². The predicted molar refractivity (Wildman–Crippen MR) is 153 cm³/mol. The Balaban J connectivity index is 1.25. The number of carbonyl (C=O) groups is 1. The molecule has 5 aromatic rings. The number of aromatic nitrogens is 5. The predicted octanol–water partition coefficient (Wildman–Crippen LogP) is 4.02. The van der Waals surface area contributed by atoms with Crippen molar-refractivity contribution in [2.75, 3.05) is 12.3 Å². The molecule has 1 saturated heterocycles. The number of thiazole rings is 1. The standard InChI is InChI=1S/C28H24ClFN6O5S/c29-27-34-23(31)21-24(35-27)36(13-32-21)25-20(30)22(37)18(41-25)11-40-28(26(38)39,19-12-42-14-33-19)10-15-6-8-17(9-7-15)16-4-2-1-3-5-16/h1-9,12-14,18,20,22,25,37H,10-11H2,(H,38,39)(H2,31,34,35)/t18-,20+,22-,25-,28?/m1/s1. The number of nitrogens with two attached hydrogens (primary N) is 1. The van der Waals surface area contributed by atoms with E-state index < -0.39 is 42.8 Å². The molecule has 11 nitrogen and oxygen atoms in total. The Kier molecular flexibility index (Phi) is 7.60. The van der Waals surface area contributed by atoms with Crippen LogP contribution in [-0.2, 0) is 26.3 Å². The number of hydrogen-bond donors (Lipinski definition) is 3. The first-order valence-electron chi connectivity index (χ1n) is 12.8. The first kappa shape index (κ1) is 28.1. The Morgan fingerprint density at radius 1 is 1.14 bits per heavy atom. The van der Waals surface area contributed by atoms with Crippen LogP contribution in [0.2, 0.25) is 5.28 Å². The summed E-state index contributed by atoms with van der Waals surface area (Å²) < 4.78 is 28.5. The number of aliphatic hydroxyl groups is 1. The van der Waals surface area contributed by atoms with E-state index in [0.29, 0.717) is 5.56 Å². The van der Waals surface area contributed by atoms with Crippen molar-refractivity contribution in [3.05, 3.63) is 88.4 Å². The van der Waals surface area contributed by atoms with Gasteiger partial charge in [-0.2, -0.15) is 9.97 Å². The highest BCUT2D eigenvalue weighted by atomic mass is 35.5. The van der Waals surface area contributed by atoms with Gasteiger partial charge >= 0.3 is 5.97 Å². The zero-order chi connectivity index (χ0) is 29.4. The van der Waals surface area contributed by atoms with Crippen LogP contribution < -0.4 is 5.73 Å². The topological polar surface area (TPSA) is 158 Å². The number of hydrogen-bond acceptors (Lipinski definition) is 10. The summed E-state index contributed by atoms with van der Waals surface area (Å²) in [5.41, 5.74) is 8.59. The van der Waals surface area contributed by atoms with Gasteiger partial charge in [0.15, 0.2) is 23.9 Å². The summed E-state index contributed by atoms with van der Waals surface area (Å²) in [4.78, 5) is 29.1. The molecule has 0 amide bonds. The van der Waals surface area contributed by atoms with E-state index >= 15 is 4.39 Å². The zero-order valence-electron chi connectivity index (χ0n) is 21.7. The maximum atomic E-state index is 15.4. The van der Waals surface area contributed by atoms with Crippen LogP contribution in [0.15, 0.2) is 71.8 Å². The molecule has 1 fully saturated rings. The maximum absolute atomic E-state index is 15.4. The summed E-state index contributed by atoms with van der Waals surface area (Å²) >= 11 is 7.15. The van der Waals surface area contributed by atoms with Crippen molar-refractivity contribution in [2.24, 2.45) is 0 Å². The molecule has 1 unspecified atom stereocenters. The number of anilines is 1. The number of alkyl halides is 1. The van der Waals surface area contributed by atoms with Gasteiger partial charge in [0, 0.05) is 11.8 Å². The van der Waals surface area contributed by atoms with Crippen LogP contribution in [0.4, 0.5) is 10.2 Å². The molecule has 5 atom stereocenters. The largest absolute Gasteiger partial charge is 0.479 e. The minimum Gasteiger partial charge on any atom is -0.479 e. The lowest BCUT2D eigenvalue weighted by molar-refractivity contribution is -0.177. The fraction of sp³-hybridized carbons (Fsp3) is 0.250. The fourth-order valence-corrected chi connectivity index (χ4v) is 5.78. The number of halogens is 2. The molecule has 3 aromatic heterocycles. The van der Waals surface area contributed by atoms with E-state index in [1.165, 1.54) is 27.7 Å². The van der Waals surface area contributed by atoms with Gasteiger partial charge in [0.05, 0.1) is 24.1 Å². The second kappa shape index (κ2) is 11.3. The van der Waals surface area contributed by atoms with Crippen molar-refractivity contribution < 1.29 is 28.9 Å². The van der Waals surface area contributed by atoms with E-state index in [4.69, 9.17) is 26.8 Å². The number of nitrogens with zero attached hydrogens (tertiary/aromatic N) is 5. The van der Waals surface area contributed by atoms with Crippen LogP contribution in [0, 0.1) is 0 Å². The molecule has 216 valence electrons. The number of carboxylic acids is 1. The van der Waals surface area contributed by atoms with E-state index in [2.05, 4.69) is 19.9 Å². The van der Waals surface area contributed by atoms with Crippen molar-refractivity contribution in [1.82, 2.24) is 24.5 Å². The number of nitrogen functional groups attached to an aromatic ring is 1. The van der Waals surface area contributed by atoms with E-state index in [0.717, 1.165) is 11.1 Å². The Morgan fingerprint density at radius 3 is 2.57 bits per heavy atom. The van der Waals surface area contributed by atoms with Crippen molar-refractivity contribution in [3.63, 3.8) is 0 Å². The van der Waals surface area contributed by atoms with Gasteiger partial charge in [-0.15, -0.1) is 11.3 Å². The van der Waals surface area contributed by atoms with Gasteiger partial charge in [0.25, 0.3) is 0 Å². The third-order valence-electron chi connectivity index (χ3n) is 7.19. The Labute approximate surface area is 247 Å². The Morgan fingerprint density at radius 2 is 1.88 bits per heavy atom. The summed E-state index contributed by atoms with van der Waals surface area (Å²) in [7, 11) is 0. The highest BCUT2D eigenvalue weighted by molar-refractivity contribution is 7.07. The summed E-state index contributed by atoms with van der Waals surface area (Å²) in [6.07, 6.45) is -4.96. The molecule has 4 N–H and O–H groups in total. The van der Waals surface area contributed by atoms with E-state index in [1.807, 2.05) is 54.6 Å². The first-order chi connectivity index (χ1) is 20.3. The molecular weight excluding hydrogens is 587 g/mol. The van der Waals surface area contributed by atoms with E-state index in [-0.39, 0.29) is 34.4 Å². The van der Waals surface area contributed by atoms with Crippen molar-refractivity contribution >= 4 is 45.9 Å². The second-order valence-electron chi connectivity index (χ2n) is 9.76. The lowest BCUT2D eigenvalue weighted by Crippen LogP contribution is -2.44. The number of ether oxygens (including phenoxy) is 2. The zero-order valence-corrected chi connectivity index (χ0v) is 23.3. The summed E-state index contributed by atoms with van der Waals surface area (Å²) in [6.45, 7) is -0.450. The van der Waals surface area contributed by atoms with Gasteiger partial charge in [-0.1, -0.05) is 54.6 Å². The molecule has 42 heavy (non-hydrogen) atoms. The minimum absolute atomic E-state index is 0.00360. The third-order valence-corrected chi connectivity index (χ3v) is 7.94. The first-order valence-corrected chi connectivity index (χ1v) is 14.1. The molecule has 4 heterocycles. The summed E-state index contributed by atoms with van der Waals surface area (Å²) in [5, 5.41) is 22.6. The van der Waals surface area contributed by atoms with Gasteiger partial charge in [-0.25, -0.2) is 19.2 Å². The Bertz CT molecular complexity index is 1710. The summed E-state index contributed by atoms with van der Waals surface area (Å²) in [6, 6.07) is 17.2. The molecule has 1 aliphatic rings. The molecule has 0 aliphatic carbocycles. The summed E-state index contributed by atoms with van der Waals surface area (Å²) in [5.74, 6) is -1.28. The molecule has 0 radical (unpaired) electrons. The van der Waals surface area contributed by atoms with Crippen molar-refractivity contribution in [3.8, 4) is 11.1 Å². The van der Waals surface area contributed by atoms with Crippen LogP contribution in [-0.4, -0.2) is 65.7 Å². The van der Waals surface area contributed by atoms with Gasteiger partial charge < -0.3 is 25.4 Å². The van der Waals surface area contributed by atoms with Crippen LogP contribution in [0.25, 0.3) is 22.3 Å². The SMILES string of the molecule is Nc1nc(Cl)nc2c1ncn2[C@@H]1O[C@H](COC(Cc2ccc(-c3ccccc3)cc2)(C(=O)O)c2cscn2)[C@@H](O)[C@@H]1F. The van der Waals surface area contributed by atoms with E-state index in [9.17, 15) is 15.0 Å². The fourth-order valence-electron chi connectivity index (χ4n) is 4.99. The molecular formula is C28H24ClFN6O5S. The smallest absolute Gasteiger partial charge is 0.342 e. The quantitative estimate of drug-likeness (QED) is 0.208. The highest BCUT2D eigenvalue weighted by Crippen LogP contribution is 2.37. The average Bonchev–Trinajstić information content (AvgIpc) is 3.73. The number of aliphatic carboxylic acids is 1. The van der Waals surface area contributed by atoms with Crippen LogP contribution >= 0.6 is 22.9 Å². The van der Waals surface area contributed by atoms with Gasteiger partial charge in [0.1, 0.15) is 17.7 Å². The highest BCUT2D eigenvalue weighted by Gasteiger charge is 2.49.